The predicted molar refractivity (Wildman–Crippen MR) is 167 cm³/mol. The van der Waals surface area contributed by atoms with Crippen molar-refractivity contribution in [2.45, 2.75) is 52.7 Å². The first-order valence-electron chi connectivity index (χ1n) is 14.6. The lowest BCUT2D eigenvalue weighted by Gasteiger charge is -2.23. The second-order valence-corrected chi connectivity index (χ2v) is 12.3. The van der Waals surface area contributed by atoms with Crippen LogP contribution in [0.5, 0.6) is 17.2 Å². The summed E-state index contributed by atoms with van der Waals surface area (Å²) < 4.78 is 18.3. The van der Waals surface area contributed by atoms with Gasteiger partial charge in [-0.2, -0.15) is 0 Å². The number of fused-ring (bicyclic) bond motifs is 2. The Morgan fingerprint density at radius 1 is 1.09 bits per heavy atom. The van der Waals surface area contributed by atoms with Gasteiger partial charge in [0.25, 0.3) is 5.78 Å². The van der Waals surface area contributed by atoms with Crippen LogP contribution in [0.1, 0.15) is 56.8 Å². The van der Waals surface area contributed by atoms with Crippen LogP contribution in [0.2, 0.25) is 0 Å². The number of hydrogen-bond acceptors (Lipinski definition) is 8. The second-order valence-electron chi connectivity index (χ2n) is 11.3. The molecule has 43 heavy (non-hydrogen) atoms. The Labute approximate surface area is 254 Å². The van der Waals surface area contributed by atoms with Crippen LogP contribution in [-0.4, -0.2) is 41.1 Å². The number of hydrogen-bond donors (Lipinski definition) is 1. The fraction of sp³-hybridized carbons (Fsp3) is 0.324. The summed E-state index contributed by atoms with van der Waals surface area (Å²) in [5.41, 5.74) is 2.72. The topological polar surface area (TPSA) is 98.2 Å². The molecule has 1 aromatic heterocycles. The van der Waals surface area contributed by atoms with Crippen molar-refractivity contribution in [2.75, 3.05) is 18.1 Å². The first-order chi connectivity index (χ1) is 20.7. The van der Waals surface area contributed by atoms with Gasteiger partial charge in [-0.05, 0) is 85.8 Å². The average molecular weight is 599 g/mol. The predicted octanol–water partition coefficient (Wildman–Crippen LogP) is 7.07. The molecule has 0 aliphatic carbocycles. The molecule has 3 heterocycles. The Kier molecular flexibility index (Phi) is 7.83. The van der Waals surface area contributed by atoms with E-state index in [0.717, 1.165) is 22.4 Å². The fourth-order valence-electron chi connectivity index (χ4n) is 5.51. The number of aliphatic hydroxyl groups excluding tert-OH is 1. The third-order valence-electron chi connectivity index (χ3n) is 7.62. The van der Waals surface area contributed by atoms with Crippen molar-refractivity contribution in [2.24, 2.45) is 5.92 Å². The Bertz CT molecular complexity index is 1740. The highest BCUT2D eigenvalue weighted by Gasteiger charge is 2.48. The van der Waals surface area contributed by atoms with Crippen molar-refractivity contribution < 1.29 is 28.9 Å². The van der Waals surface area contributed by atoms with Crippen LogP contribution in [0.15, 0.2) is 66.2 Å². The molecule has 2 aliphatic rings. The Morgan fingerprint density at radius 3 is 2.70 bits per heavy atom. The molecular formula is C34H34N2O6S. The quantitative estimate of drug-likeness (QED) is 0.125. The third-order valence-corrected chi connectivity index (χ3v) is 8.63. The lowest BCUT2D eigenvalue weighted by Crippen LogP contribution is -2.29. The van der Waals surface area contributed by atoms with Crippen molar-refractivity contribution in [3.05, 3.63) is 82.9 Å². The summed E-state index contributed by atoms with van der Waals surface area (Å²) in [6.45, 7) is 9.22. The van der Waals surface area contributed by atoms with Crippen LogP contribution in [0.4, 0.5) is 5.13 Å². The number of ether oxygens (including phenoxy) is 3. The van der Waals surface area contributed by atoms with Gasteiger partial charge in [-0.3, -0.25) is 14.5 Å². The van der Waals surface area contributed by atoms with Gasteiger partial charge < -0.3 is 19.3 Å². The lowest BCUT2D eigenvalue weighted by atomic mass is 9.94. The number of carbonyl (C=O) groups excluding carboxylic acids is 2. The largest absolute Gasteiger partial charge is 0.507 e. The van der Waals surface area contributed by atoms with E-state index in [1.54, 1.807) is 12.1 Å². The van der Waals surface area contributed by atoms with E-state index in [4.69, 9.17) is 19.2 Å². The van der Waals surface area contributed by atoms with E-state index in [-0.39, 0.29) is 17.4 Å². The highest BCUT2D eigenvalue weighted by atomic mass is 32.1. The number of aliphatic hydroxyl groups is 1. The Hall–Kier alpha value is -4.37. The van der Waals surface area contributed by atoms with E-state index in [1.807, 2.05) is 62.4 Å². The number of ketones is 1. The molecule has 2 aliphatic heterocycles. The van der Waals surface area contributed by atoms with Gasteiger partial charge in [0.1, 0.15) is 29.1 Å². The summed E-state index contributed by atoms with van der Waals surface area (Å²) in [5, 5.41) is 12.0. The monoisotopic (exact) mass is 598 g/mol. The van der Waals surface area contributed by atoms with Crippen LogP contribution in [0, 0.1) is 5.92 Å². The van der Waals surface area contributed by atoms with E-state index < -0.39 is 17.7 Å². The smallest absolute Gasteiger partial charge is 0.301 e. The van der Waals surface area contributed by atoms with Crippen LogP contribution in [0.25, 0.3) is 16.0 Å². The van der Waals surface area contributed by atoms with Gasteiger partial charge in [0.2, 0.25) is 0 Å². The van der Waals surface area contributed by atoms with Crippen LogP contribution < -0.4 is 19.1 Å². The summed E-state index contributed by atoms with van der Waals surface area (Å²) in [6, 6.07) is 17.3. The minimum Gasteiger partial charge on any atom is -0.507 e. The number of Topliss-reactive ketones (excluding diaryl/α,β-unsaturated/α-hetero) is 1. The van der Waals surface area contributed by atoms with Crippen molar-refractivity contribution in [1.82, 2.24) is 4.98 Å². The molecule has 1 saturated heterocycles. The van der Waals surface area contributed by atoms with Crippen molar-refractivity contribution in [1.29, 1.82) is 0 Å². The SMILES string of the molecule is CCOc1ccc2nc(N3C(=O)C(=O)/C(=C(/O)c4ccc5c(c4)C[C@@H](C)O5)[C@H]3c3cccc(OCCC(C)C)c3)sc2c1. The van der Waals surface area contributed by atoms with E-state index in [0.29, 0.717) is 58.8 Å². The number of thiazole rings is 1. The maximum absolute atomic E-state index is 13.8. The second kappa shape index (κ2) is 11.7. The fourth-order valence-corrected chi connectivity index (χ4v) is 6.53. The van der Waals surface area contributed by atoms with E-state index in [1.165, 1.54) is 16.2 Å². The van der Waals surface area contributed by atoms with Crippen LogP contribution >= 0.6 is 11.3 Å². The number of carbonyl (C=O) groups is 2. The molecule has 1 N–H and O–H groups in total. The molecule has 1 fully saturated rings. The van der Waals surface area contributed by atoms with Crippen molar-refractivity contribution >= 4 is 44.1 Å². The standard InChI is InChI=1S/C34H34N2O6S/c1-5-40-25-10-11-26-28(18-25)43-34(35-26)36-30(21-7-6-8-24(17-21)41-14-13-19(2)3)29(32(38)33(36)39)31(37)22-9-12-27-23(16-22)15-20(4)42-27/h6-12,16-20,30,37H,5,13-15H2,1-4H3/b31-29+/t20-,30-/m1/s1. The number of benzene rings is 3. The first-order valence-corrected chi connectivity index (χ1v) is 15.4. The molecular weight excluding hydrogens is 564 g/mol. The number of aromatic nitrogens is 1. The zero-order chi connectivity index (χ0) is 30.2. The highest BCUT2D eigenvalue weighted by molar-refractivity contribution is 7.22. The summed E-state index contributed by atoms with van der Waals surface area (Å²) >= 11 is 1.30. The molecule has 1 amide bonds. The highest BCUT2D eigenvalue weighted by Crippen LogP contribution is 2.45. The molecule has 0 unspecified atom stereocenters. The van der Waals surface area contributed by atoms with E-state index >= 15 is 0 Å². The van der Waals surface area contributed by atoms with E-state index in [9.17, 15) is 14.7 Å². The molecule has 6 rings (SSSR count). The molecule has 0 saturated carbocycles. The van der Waals surface area contributed by atoms with Gasteiger partial charge >= 0.3 is 5.91 Å². The maximum atomic E-state index is 13.8. The summed E-state index contributed by atoms with van der Waals surface area (Å²) in [5.74, 6) is 0.807. The number of amides is 1. The van der Waals surface area contributed by atoms with Gasteiger partial charge in [0.05, 0.1) is 35.0 Å². The zero-order valence-corrected chi connectivity index (χ0v) is 25.4. The van der Waals surface area contributed by atoms with Crippen LogP contribution in [0.3, 0.4) is 0 Å². The molecule has 0 spiro atoms. The van der Waals surface area contributed by atoms with Gasteiger partial charge in [-0.15, -0.1) is 0 Å². The molecule has 8 nitrogen and oxygen atoms in total. The summed E-state index contributed by atoms with van der Waals surface area (Å²) in [6.07, 6.45) is 1.61. The molecule has 0 radical (unpaired) electrons. The molecule has 3 aromatic carbocycles. The molecule has 2 atom stereocenters. The number of anilines is 1. The minimum atomic E-state index is -0.913. The first kappa shape index (κ1) is 28.7. The number of nitrogens with zero attached hydrogens (tertiary/aromatic N) is 2. The summed E-state index contributed by atoms with van der Waals surface area (Å²) in [7, 11) is 0. The molecule has 0 bridgehead atoms. The van der Waals surface area contributed by atoms with E-state index in [2.05, 4.69) is 13.8 Å². The van der Waals surface area contributed by atoms with Gasteiger partial charge in [0, 0.05) is 12.0 Å². The lowest BCUT2D eigenvalue weighted by molar-refractivity contribution is -0.132. The van der Waals surface area contributed by atoms with Crippen LogP contribution in [-0.2, 0) is 16.0 Å². The minimum absolute atomic E-state index is 0.00510. The third kappa shape index (κ3) is 5.57. The summed E-state index contributed by atoms with van der Waals surface area (Å²) in [4.78, 5) is 33.6. The van der Waals surface area contributed by atoms with Crippen molar-refractivity contribution in [3.63, 3.8) is 0 Å². The molecule has 9 heteroatoms. The van der Waals surface area contributed by atoms with Gasteiger partial charge in [-0.25, -0.2) is 4.98 Å². The van der Waals surface area contributed by atoms with Crippen molar-refractivity contribution in [3.8, 4) is 17.2 Å². The molecule has 4 aromatic rings. The van der Waals surface area contributed by atoms with Gasteiger partial charge in [-0.1, -0.05) is 37.3 Å². The van der Waals surface area contributed by atoms with Gasteiger partial charge in [0.15, 0.2) is 5.13 Å². The molecule has 222 valence electrons. The average Bonchev–Trinajstić information content (AvgIpc) is 3.64. The maximum Gasteiger partial charge on any atom is 0.301 e. The number of rotatable bonds is 9. The normalized spacial score (nSPS) is 19.2. The Morgan fingerprint density at radius 2 is 1.91 bits per heavy atom. The zero-order valence-electron chi connectivity index (χ0n) is 24.6. The Balaban J connectivity index is 1.47.